The average molecular weight is 412 g/mol. The summed E-state index contributed by atoms with van der Waals surface area (Å²) in [6.07, 6.45) is -2.08. The zero-order valence-electron chi connectivity index (χ0n) is 16.3. The normalized spacial score (nSPS) is 20.6. The Hall–Kier alpha value is -2.62. The Morgan fingerprint density at radius 3 is 2.55 bits per heavy atom. The fourth-order valence-electron chi connectivity index (χ4n) is 3.30. The van der Waals surface area contributed by atoms with Gasteiger partial charge in [-0.2, -0.15) is 15.0 Å². The van der Waals surface area contributed by atoms with Crippen molar-refractivity contribution in [3.05, 3.63) is 41.7 Å². The van der Waals surface area contributed by atoms with Crippen molar-refractivity contribution < 1.29 is 27.8 Å². The zero-order chi connectivity index (χ0) is 21.4. The van der Waals surface area contributed by atoms with Gasteiger partial charge in [0.05, 0.1) is 17.8 Å². The van der Waals surface area contributed by atoms with Crippen LogP contribution in [0.1, 0.15) is 55.7 Å². The first-order valence-corrected chi connectivity index (χ1v) is 9.26. The second kappa shape index (κ2) is 7.66. The van der Waals surface area contributed by atoms with Gasteiger partial charge in [0.25, 0.3) is 5.91 Å². The number of rotatable bonds is 4. The maximum absolute atomic E-state index is 13.0. The summed E-state index contributed by atoms with van der Waals surface area (Å²) >= 11 is 0. The molecule has 158 valence electrons. The number of likely N-dealkylation sites (tertiary alicyclic amines) is 1. The van der Waals surface area contributed by atoms with Crippen LogP contribution >= 0.6 is 0 Å². The lowest BCUT2D eigenvalue weighted by molar-refractivity contribution is -0.274. The van der Waals surface area contributed by atoms with Crippen LogP contribution in [0.4, 0.5) is 13.2 Å². The van der Waals surface area contributed by atoms with E-state index in [9.17, 15) is 23.1 Å². The molecule has 0 unspecified atom stereocenters. The molecule has 1 aromatic heterocycles. The highest BCUT2D eigenvalue weighted by atomic mass is 19.4. The third-order valence-corrected chi connectivity index (χ3v) is 4.92. The maximum Gasteiger partial charge on any atom is 0.573 e. The first-order chi connectivity index (χ1) is 13.5. The van der Waals surface area contributed by atoms with Crippen molar-refractivity contribution >= 4 is 5.91 Å². The van der Waals surface area contributed by atoms with Crippen LogP contribution in [0.25, 0.3) is 0 Å². The number of carbonyl (C=O) groups excluding carboxylic acids is 1. The molecule has 10 heteroatoms. The first kappa shape index (κ1) is 21.1. The van der Waals surface area contributed by atoms with E-state index >= 15 is 0 Å². The van der Waals surface area contributed by atoms with E-state index in [1.807, 2.05) is 6.92 Å². The molecule has 1 amide bonds. The molecular formula is C19H23F3N4O3. The van der Waals surface area contributed by atoms with Crippen molar-refractivity contribution in [2.75, 3.05) is 6.54 Å². The van der Waals surface area contributed by atoms with Gasteiger partial charge in [-0.15, -0.1) is 13.2 Å². The highest BCUT2D eigenvalue weighted by Crippen LogP contribution is 2.31. The molecule has 0 bridgehead atoms. The predicted octanol–water partition coefficient (Wildman–Crippen LogP) is 3.27. The molecule has 2 aromatic rings. The molecule has 0 spiro atoms. The summed E-state index contributed by atoms with van der Waals surface area (Å²) < 4.78 is 42.1. The Bertz CT molecular complexity index is 876. The van der Waals surface area contributed by atoms with Gasteiger partial charge < -0.3 is 14.7 Å². The Morgan fingerprint density at radius 2 is 1.93 bits per heavy atom. The molecule has 0 saturated carbocycles. The lowest BCUT2D eigenvalue weighted by Crippen LogP contribution is -2.46. The number of ether oxygens (including phenoxy) is 1. The zero-order valence-corrected chi connectivity index (χ0v) is 16.3. The van der Waals surface area contributed by atoms with Crippen LogP contribution in [-0.2, 0) is 5.60 Å². The number of nitrogens with zero attached hydrogens (tertiary/aromatic N) is 4. The summed E-state index contributed by atoms with van der Waals surface area (Å²) in [5.41, 5.74) is -0.898. The third-order valence-electron chi connectivity index (χ3n) is 4.92. The fraction of sp³-hybridized carbons (Fsp3) is 0.526. The average Bonchev–Trinajstić information content (AvgIpc) is 3.11. The molecule has 0 aliphatic carbocycles. The minimum atomic E-state index is -4.89. The number of para-hydroxylation sites is 1. The Balaban J connectivity index is 1.83. The SMILES string of the molecule is C[C@@H]1CC[C@@H](n2ncc(C(C)(C)O)n2)CN1C(=O)c1ccccc1OC(F)(F)F. The molecule has 1 fully saturated rings. The summed E-state index contributed by atoms with van der Waals surface area (Å²) in [4.78, 5) is 16.0. The van der Waals surface area contributed by atoms with Crippen molar-refractivity contribution in [3.63, 3.8) is 0 Å². The van der Waals surface area contributed by atoms with Crippen molar-refractivity contribution in [1.29, 1.82) is 0 Å². The van der Waals surface area contributed by atoms with E-state index < -0.39 is 23.6 Å². The number of halogens is 3. The van der Waals surface area contributed by atoms with Gasteiger partial charge in [-0.3, -0.25) is 4.79 Å². The van der Waals surface area contributed by atoms with Crippen molar-refractivity contribution in [1.82, 2.24) is 19.9 Å². The summed E-state index contributed by atoms with van der Waals surface area (Å²) in [6, 6.07) is 4.90. The quantitative estimate of drug-likeness (QED) is 0.834. The standard InChI is InChI=1S/C19H23F3N4O3/c1-12-8-9-13(26-23-10-16(24-26)18(2,3)28)11-25(12)17(27)14-6-4-5-7-15(14)29-19(20,21)22/h4-7,10,12-13,28H,8-9,11H2,1-3H3/t12-,13-/m1/s1. The van der Waals surface area contributed by atoms with Gasteiger partial charge in [0.1, 0.15) is 17.0 Å². The van der Waals surface area contributed by atoms with E-state index in [0.717, 1.165) is 6.07 Å². The topological polar surface area (TPSA) is 80.5 Å². The summed E-state index contributed by atoms with van der Waals surface area (Å²) in [5.74, 6) is -1.07. The van der Waals surface area contributed by atoms with Crippen molar-refractivity contribution in [2.24, 2.45) is 0 Å². The fourth-order valence-corrected chi connectivity index (χ4v) is 3.30. The minimum Gasteiger partial charge on any atom is -0.405 e. The third kappa shape index (κ3) is 4.87. The summed E-state index contributed by atoms with van der Waals surface area (Å²) in [6.45, 7) is 5.27. The number of piperidine rings is 1. The molecule has 7 nitrogen and oxygen atoms in total. The van der Waals surface area contributed by atoms with E-state index in [-0.39, 0.29) is 24.2 Å². The number of hydrogen-bond donors (Lipinski definition) is 1. The van der Waals surface area contributed by atoms with E-state index in [4.69, 9.17) is 0 Å². The van der Waals surface area contributed by atoms with Crippen LogP contribution in [-0.4, -0.2) is 49.9 Å². The second-order valence-corrected chi connectivity index (χ2v) is 7.69. The highest BCUT2D eigenvalue weighted by Gasteiger charge is 2.36. The number of benzene rings is 1. The number of aliphatic hydroxyl groups is 1. The maximum atomic E-state index is 13.0. The van der Waals surface area contributed by atoms with Crippen LogP contribution in [0, 0.1) is 0 Å². The van der Waals surface area contributed by atoms with Crippen LogP contribution in [0.3, 0.4) is 0 Å². The van der Waals surface area contributed by atoms with Crippen LogP contribution < -0.4 is 4.74 Å². The molecular weight excluding hydrogens is 389 g/mol. The van der Waals surface area contributed by atoms with Crippen molar-refractivity contribution in [2.45, 2.75) is 57.7 Å². The molecule has 2 heterocycles. The predicted molar refractivity (Wildman–Crippen MR) is 97.2 cm³/mol. The van der Waals surface area contributed by atoms with Crippen LogP contribution in [0.5, 0.6) is 5.75 Å². The number of alkyl halides is 3. The highest BCUT2D eigenvalue weighted by molar-refractivity contribution is 5.97. The molecule has 0 radical (unpaired) electrons. The van der Waals surface area contributed by atoms with Gasteiger partial charge in [-0.25, -0.2) is 0 Å². The largest absolute Gasteiger partial charge is 0.573 e. The first-order valence-electron chi connectivity index (χ1n) is 9.26. The Labute approximate surface area is 166 Å². The monoisotopic (exact) mass is 412 g/mol. The smallest absolute Gasteiger partial charge is 0.405 e. The molecule has 29 heavy (non-hydrogen) atoms. The Kier molecular flexibility index (Phi) is 5.57. The molecule has 1 aliphatic rings. The second-order valence-electron chi connectivity index (χ2n) is 7.69. The number of carbonyl (C=O) groups is 1. The van der Waals surface area contributed by atoms with Gasteiger partial charge in [0, 0.05) is 12.6 Å². The van der Waals surface area contributed by atoms with Crippen LogP contribution in [0.2, 0.25) is 0 Å². The molecule has 3 rings (SSSR count). The van der Waals surface area contributed by atoms with E-state index in [2.05, 4.69) is 14.9 Å². The number of aromatic nitrogens is 3. The lowest BCUT2D eigenvalue weighted by atomic mass is 9.98. The number of hydrogen-bond acceptors (Lipinski definition) is 5. The van der Waals surface area contributed by atoms with Crippen molar-refractivity contribution in [3.8, 4) is 5.75 Å². The minimum absolute atomic E-state index is 0.150. The van der Waals surface area contributed by atoms with E-state index in [1.165, 1.54) is 34.1 Å². The van der Waals surface area contributed by atoms with Gasteiger partial charge in [-0.1, -0.05) is 12.1 Å². The van der Waals surface area contributed by atoms with Crippen LogP contribution in [0.15, 0.2) is 30.5 Å². The van der Waals surface area contributed by atoms with Gasteiger partial charge >= 0.3 is 6.36 Å². The van der Waals surface area contributed by atoms with Gasteiger partial charge in [-0.05, 0) is 45.7 Å². The molecule has 1 saturated heterocycles. The molecule has 2 atom stereocenters. The van der Waals surface area contributed by atoms with E-state index in [0.29, 0.717) is 18.5 Å². The number of amides is 1. The molecule has 1 aromatic carbocycles. The lowest BCUT2D eigenvalue weighted by Gasteiger charge is -2.37. The van der Waals surface area contributed by atoms with Gasteiger partial charge in [0.2, 0.25) is 0 Å². The Morgan fingerprint density at radius 1 is 1.24 bits per heavy atom. The summed E-state index contributed by atoms with van der Waals surface area (Å²) in [5, 5.41) is 18.6. The van der Waals surface area contributed by atoms with Gasteiger partial charge in [0.15, 0.2) is 0 Å². The molecule has 1 N–H and O–H groups in total. The molecule has 1 aliphatic heterocycles. The van der Waals surface area contributed by atoms with E-state index in [1.54, 1.807) is 13.8 Å². The summed E-state index contributed by atoms with van der Waals surface area (Å²) in [7, 11) is 0.